The summed E-state index contributed by atoms with van der Waals surface area (Å²) in [6.45, 7) is 4.11. The minimum absolute atomic E-state index is 0.0469. The molecule has 0 fully saturated rings. The summed E-state index contributed by atoms with van der Waals surface area (Å²) in [6.07, 6.45) is 0.303. The highest BCUT2D eigenvalue weighted by Crippen LogP contribution is 2.24. The number of hydrogen-bond acceptors (Lipinski definition) is 6. The molecule has 0 saturated heterocycles. The van der Waals surface area contributed by atoms with Crippen LogP contribution in [0.25, 0.3) is 0 Å². The molecule has 1 N–H and O–H groups in total. The Morgan fingerprint density at radius 1 is 1.07 bits per heavy atom. The summed E-state index contributed by atoms with van der Waals surface area (Å²) in [7, 11) is 1.35. The van der Waals surface area contributed by atoms with Crippen molar-refractivity contribution in [2.75, 3.05) is 19.0 Å². The van der Waals surface area contributed by atoms with Crippen LogP contribution in [0.15, 0.2) is 48.5 Å². The fourth-order valence-electron chi connectivity index (χ4n) is 3.47. The van der Waals surface area contributed by atoms with Gasteiger partial charge in [-0.25, -0.2) is 4.79 Å². The van der Waals surface area contributed by atoms with E-state index in [1.165, 1.54) is 7.11 Å². The first kappa shape index (κ1) is 21.5. The van der Waals surface area contributed by atoms with Gasteiger partial charge in [-0.1, -0.05) is 24.3 Å². The van der Waals surface area contributed by atoms with Crippen molar-refractivity contribution in [1.29, 1.82) is 0 Å². The van der Waals surface area contributed by atoms with Crippen LogP contribution in [-0.4, -0.2) is 48.5 Å². The molecule has 0 aromatic heterocycles. The number of rotatable bonds is 6. The molecule has 2 aromatic carbocycles. The van der Waals surface area contributed by atoms with Gasteiger partial charge in [0.2, 0.25) is 5.91 Å². The molecule has 1 aliphatic heterocycles. The predicted octanol–water partition coefficient (Wildman–Crippen LogP) is 2.79. The van der Waals surface area contributed by atoms with Gasteiger partial charge in [0.05, 0.1) is 25.3 Å². The topological polar surface area (TPSA) is 84.9 Å². The van der Waals surface area contributed by atoms with Crippen LogP contribution in [0.5, 0.6) is 0 Å². The van der Waals surface area contributed by atoms with E-state index in [1.807, 2.05) is 29.2 Å². The van der Waals surface area contributed by atoms with Gasteiger partial charge in [0, 0.05) is 12.2 Å². The number of carbonyl (C=O) groups excluding carboxylic acids is 3. The van der Waals surface area contributed by atoms with E-state index >= 15 is 0 Å². The Bertz CT molecular complexity index is 923. The molecule has 0 bridgehead atoms. The second-order valence-corrected chi connectivity index (χ2v) is 7.50. The third kappa shape index (κ3) is 5.24. The maximum Gasteiger partial charge on any atom is 0.338 e. The van der Waals surface area contributed by atoms with Crippen LogP contribution in [0.3, 0.4) is 0 Å². The molecular formula is C23H26N2O5. The molecule has 0 spiro atoms. The minimum atomic E-state index is -0.510. The maximum absolute atomic E-state index is 12.6. The summed E-state index contributed by atoms with van der Waals surface area (Å²) in [5.74, 6) is -1.01. The number of ether oxygens (including phenoxy) is 2. The van der Waals surface area contributed by atoms with Crippen LogP contribution >= 0.6 is 0 Å². The van der Waals surface area contributed by atoms with Gasteiger partial charge in [-0.2, -0.15) is 0 Å². The van der Waals surface area contributed by atoms with Crippen LogP contribution in [-0.2, 0) is 32.0 Å². The Kier molecular flexibility index (Phi) is 6.84. The Morgan fingerprint density at radius 3 is 2.37 bits per heavy atom. The van der Waals surface area contributed by atoms with E-state index in [0.717, 1.165) is 11.1 Å². The number of carbonyl (C=O) groups is 3. The first-order valence-corrected chi connectivity index (χ1v) is 9.87. The molecule has 2 aromatic rings. The van der Waals surface area contributed by atoms with Gasteiger partial charge in [0.15, 0.2) is 0 Å². The van der Waals surface area contributed by atoms with Gasteiger partial charge in [0.25, 0.3) is 0 Å². The average molecular weight is 410 g/mol. The highest BCUT2D eigenvalue weighted by Gasteiger charge is 2.33. The van der Waals surface area contributed by atoms with E-state index < -0.39 is 12.0 Å². The van der Waals surface area contributed by atoms with Crippen molar-refractivity contribution >= 4 is 23.5 Å². The van der Waals surface area contributed by atoms with Crippen molar-refractivity contribution < 1.29 is 23.9 Å². The molecule has 1 amide bonds. The molecule has 30 heavy (non-hydrogen) atoms. The lowest BCUT2D eigenvalue weighted by molar-refractivity contribution is -0.148. The first-order valence-electron chi connectivity index (χ1n) is 9.87. The number of anilines is 1. The van der Waals surface area contributed by atoms with E-state index in [2.05, 4.69) is 5.32 Å². The molecular weight excluding hydrogens is 384 g/mol. The van der Waals surface area contributed by atoms with Crippen LogP contribution in [0.1, 0.15) is 35.3 Å². The van der Waals surface area contributed by atoms with Gasteiger partial charge in [-0.15, -0.1) is 0 Å². The van der Waals surface area contributed by atoms with Gasteiger partial charge in [-0.05, 0) is 55.7 Å². The second kappa shape index (κ2) is 9.54. The molecule has 0 radical (unpaired) electrons. The summed E-state index contributed by atoms with van der Waals surface area (Å²) < 4.78 is 10.1. The number of nitrogens with zero attached hydrogens (tertiary/aromatic N) is 1. The Morgan fingerprint density at radius 2 is 1.73 bits per heavy atom. The van der Waals surface area contributed by atoms with Crippen LogP contribution in [0.4, 0.5) is 5.69 Å². The molecule has 0 aliphatic carbocycles. The molecule has 3 rings (SSSR count). The van der Waals surface area contributed by atoms with Gasteiger partial charge < -0.3 is 14.8 Å². The lowest BCUT2D eigenvalue weighted by atomic mass is 9.94. The van der Waals surface area contributed by atoms with Crippen LogP contribution < -0.4 is 5.32 Å². The third-order valence-electron chi connectivity index (χ3n) is 4.91. The molecule has 1 atom stereocenters. The quantitative estimate of drug-likeness (QED) is 0.737. The number of benzene rings is 2. The molecule has 158 valence electrons. The van der Waals surface area contributed by atoms with Crippen LogP contribution in [0.2, 0.25) is 0 Å². The molecule has 1 aliphatic rings. The van der Waals surface area contributed by atoms with Crippen molar-refractivity contribution in [3.63, 3.8) is 0 Å². The summed E-state index contributed by atoms with van der Waals surface area (Å²) in [5, 5.41) is 2.81. The fourth-order valence-corrected chi connectivity index (χ4v) is 3.47. The first-order chi connectivity index (χ1) is 14.4. The molecule has 7 heteroatoms. The number of fused-ring (bicyclic) bond motifs is 1. The summed E-state index contributed by atoms with van der Waals surface area (Å²) in [4.78, 5) is 38.6. The average Bonchev–Trinajstić information content (AvgIpc) is 2.72. The Balaban J connectivity index is 1.65. The van der Waals surface area contributed by atoms with Crippen molar-refractivity contribution in [3.8, 4) is 0 Å². The lowest BCUT2D eigenvalue weighted by Crippen LogP contribution is -2.49. The van der Waals surface area contributed by atoms with Crippen molar-refractivity contribution in [2.24, 2.45) is 0 Å². The van der Waals surface area contributed by atoms with E-state index in [4.69, 9.17) is 9.47 Å². The Hall–Kier alpha value is -3.19. The van der Waals surface area contributed by atoms with Gasteiger partial charge >= 0.3 is 11.9 Å². The lowest BCUT2D eigenvalue weighted by Gasteiger charge is -2.34. The summed E-state index contributed by atoms with van der Waals surface area (Å²) in [6, 6.07) is 13.9. The number of hydrogen-bond donors (Lipinski definition) is 1. The predicted molar refractivity (Wildman–Crippen MR) is 112 cm³/mol. The van der Waals surface area contributed by atoms with Crippen molar-refractivity contribution in [2.45, 2.75) is 39.0 Å². The summed E-state index contributed by atoms with van der Waals surface area (Å²) >= 11 is 0. The largest absolute Gasteiger partial charge is 0.468 e. The normalized spacial score (nSPS) is 15.9. The molecule has 0 unspecified atom stereocenters. The molecule has 7 nitrogen and oxygen atoms in total. The third-order valence-corrected chi connectivity index (χ3v) is 4.91. The number of nitrogens with one attached hydrogen (secondary N) is 1. The Labute approximate surface area is 176 Å². The maximum atomic E-state index is 12.6. The van der Waals surface area contributed by atoms with E-state index in [-0.39, 0.29) is 24.5 Å². The molecule has 1 heterocycles. The standard InChI is InChI=1S/C23H26N2O5/c1-15(2)30-22(27)16-8-10-19(11-9-16)24-21(26)14-25-13-18-7-5-4-6-17(18)12-20(25)23(28)29-3/h4-11,15,20H,12-14H2,1-3H3,(H,24,26)/t20-/m0/s1. The summed E-state index contributed by atoms with van der Waals surface area (Å²) in [5.41, 5.74) is 3.17. The highest BCUT2D eigenvalue weighted by atomic mass is 16.5. The fraction of sp³-hybridized carbons (Fsp3) is 0.348. The van der Waals surface area contributed by atoms with E-state index in [9.17, 15) is 14.4 Å². The van der Waals surface area contributed by atoms with Crippen molar-refractivity contribution in [3.05, 3.63) is 65.2 Å². The zero-order valence-electron chi connectivity index (χ0n) is 17.4. The van der Waals surface area contributed by atoms with Crippen LogP contribution in [0, 0.1) is 0 Å². The van der Waals surface area contributed by atoms with Crippen molar-refractivity contribution in [1.82, 2.24) is 4.90 Å². The SMILES string of the molecule is COC(=O)[C@@H]1Cc2ccccc2CN1CC(=O)Nc1ccc(C(=O)OC(C)C)cc1. The molecule has 0 saturated carbocycles. The van der Waals surface area contributed by atoms with Gasteiger partial charge in [0.1, 0.15) is 6.04 Å². The zero-order chi connectivity index (χ0) is 21.7. The van der Waals surface area contributed by atoms with E-state index in [1.54, 1.807) is 38.1 Å². The number of amides is 1. The van der Waals surface area contributed by atoms with E-state index in [0.29, 0.717) is 24.2 Å². The smallest absolute Gasteiger partial charge is 0.338 e. The van der Waals surface area contributed by atoms with Gasteiger partial charge in [-0.3, -0.25) is 14.5 Å². The second-order valence-electron chi connectivity index (χ2n) is 7.50. The number of methoxy groups -OCH3 is 1. The number of esters is 2. The monoisotopic (exact) mass is 410 g/mol. The highest BCUT2D eigenvalue weighted by molar-refractivity contribution is 5.94. The zero-order valence-corrected chi connectivity index (χ0v) is 17.4. The minimum Gasteiger partial charge on any atom is -0.468 e.